The summed E-state index contributed by atoms with van der Waals surface area (Å²) < 4.78 is 0. The molecule has 2 heteroatoms. The van der Waals surface area contributed by atoms with Gasteiger partial charge in [-0.3, -0.25) is 0 Å². The maximum Gasteiger partial charge on any atom is 0.0625 e. The fraction of sp³-hybridized carbons (Fsp3) is 0.364. The van der Waals surface area contributed by atoms with E-state index < -0.39 is 0 Å². The summed E-state index contributed by atoms with van der Waals surface area (Å²) in [6.07, 6.45) is 1.40. The zero-order valence-corrected chi connectivity index (χ0v) is 8.43. The molecule has 68 valence electrons. The quantitative estimate of drug-likeness (QED) is 0.677. The van der Waals surface area contributed by atoms with Crippen LogP contribution in [0.3, 0.4) is 0 Å². The number of nitrogens with zero attached hydrogens (tertiary/aromatic N) is 1. The van der Waals surface area contributed by atoms with Gasteiger partial charge in [0.05, 0.1) is 6.07 Å². The van der Waals surface area contributed by atoms with Crippen molar-refractivity contribution < 1.29 is 0 Å². The molecule has 0 bridgehead atoms. The smallest absolute Gasteiger partial charge is 0.0625 e. The van der Waals surface area contributed by atoms with Gasteiger partial charge in [-0.05, 0) is 30.0 Å². The highest BCUT2D eigenvalue weighted by atomic mass is 35.5. The lowest BCUT2D eigenvalue weighted by molar-refractivity contribution is 0.989. The predicted molar refractivity (Wildman–Crippen MR) is 54.7 cm³/mol. The van der Waals surface area contributed by atoms with E-state index in [0.29, 0.717) is 12.3 Å². The standard InChI is InChI=1S/C11H12ClN/c1-9-10(6-3-7-13)4-2-5-11(9)8-12/h2,4-5H,3,6,8H2,1H3. The van der Waals surface area contributed by atoms with Crippen molar-refractivity contribution in [2.24, 2.45) is 0 Å². The Kier molecular flexibility index (Phi) is 3.79. The van der Waals surface area contributed by atoms with Crippen LogP contribution in [0.4, 0.5) is 0 Å². The molecule has 0 saturated heterocycles. The average Bonchev–Trinajstić information content (AvgIpc) is 2.16. The first kappa shape index (κ1) is 10.1. The van der Waals surface area contributed by atoms with Crippen molar-refractivity contribution in [2.75, 3.05) is 0 Å². The number of hydrogen-bond donors (Lipinski definition) is 0. The Balaban J connectivity index is 2.89. The van der Waals surface area contributed by atoms with Crippen molar-refractivity contribution in [1.29, 1.82) is 5.26 Å². The molecule has 0 spiro atoms. The van der Waals surface area contributed by atoms with E-state index >= 15 is 0 Å². The van der Waals surface area contributed by atoms with E-state index in [0.717, 1.165) is 12.0 Å². The summed E-state index contributed by atoms with van der Waals surface area (Å²) in [5.41, 5.74) is 3.63. The Hall–Kier alpha value is -1.00. The molecule has 1 aromatic rings. The highest BCUT2D eigenvalue weighted by Crippen LogP contribution is 2.16. The first-order valence-electron chi connectivity index (χ1n) is 4.30. The molecule has 0 unspecified atom stereocenters. The minimum absolute atomic E-state index is 0.548. The molecule has 0 aliphatic rings. The monoisotopic (exact) mass is 193 g/mol. The lowest BCUT2D eigenvalue weighted by Crippen LogP contribution is -1.93. The molecule has 0 heterocycles. The van der Waals surface area contributed by atoms with Crippen molar-refractivity contribution in [3.63, 3.8) is 0 Å². The largest absolute Gasteiger partial charge is 0.198 e. The summed E-state index contributed by atoms with van der Waals surface area (Å²) >= 11 is 5.77. The number of benzene rings is 1. The Morgan fingerprint density at radius 3 is 2.69 bits per heavy atom. The van der Waals surface area contributed by atoms with Crippen LogP contribution in [0.25, 0.3) is 0 Å². The zero-order valence-electron chi connectivity index (χ0n) is 7.68. The van der Waals surface area contributed by atoms with Gasteiger partial charge in [0.2, 0.25) is 0 Å². The van der Waals surface area contributed by atoms with Crippen LogP contribution < -0.4 is 0 Å². The highest BCUT2D eigenvalue weighted by molar-refractivity contribution is 6.17. The van der Waals surface area contributed by atoms with E-state index in [4.69, 9.17) is 16.9 Å². The van der Waals surface area contributed by atoms with Crippen LogP contribution in [0.2, 0.25) is 0 Å². The molecule has 0 saturated carbocycles. The lowest BCUT2D eigenvalue weighted by atomic mass is 10.00. The Morgan fingerprint density at radius 1 is 1.38 bits per heavy atom. The zero-order chi connectivity index (χ0) is 9.68. The Bertz CT molecular complexity index is 325. The normalized spacial score (nSPS) is 9.62. The van der Waals surface area contributed by atoms with E-state index in [1.807, 2.05) is 12.1 Å². The second-order valence-electron chi connectivity index (χ2n) is 2.99. The van der Waals surface area contributed by atoms with Crippen LogP contribution in [0.5, 0.6) is 0 Å². The van der Waals surface area contributed by atoms with Crippen LogP contribution in [0.15, 0.2) is 18.2 Å². The van der Waals surface area contributed by atoms with Crippen molar-refractivity contribution >= 4 is 11.6 Å². The second-order valence-corrected chi connectivity index (χ2v) is 3.26. The van der Waals surface area contributed by atoms with E-state index in [-0.39, 0.29) is 0 Å². The average molecular weight is 194 g/mol. The summed E-state index contributed by atoms with van der Waals surface area (Å²) in [7, 11) is 0. The van der Waals surface area contributed by atoms with Crippen LogP contribution in [0, 0.1) is 18.3 Å². The van der Waals surface area contributed by atoms with Crippen molar-refractivity contribution in [3.05, 3.63) is 34.9 Å². The van der Waals surface area contributed by atoms with E-state index in [9.17, 15) is 0 Å². The van der Waals surface area contributed by atoms with Gasteiger partial charge in [0, 0.05) is 12.3 Å². The molecule has 0 aliphatic carbocycles. The van der Waals surface area contributed by atoms with Crippen LogP contribution in [-0.4, -0.2) is 0 Å². The van der Waals surface area contributed by atoms with Gasteiger partial charge in [-0.1, -0.05) is 18.2 Å². The third-order valence-electron chi connectivity index (χ3n) is 2.21. The molecular weight excluding hydrogens is 182 g/mol. The van der Waals surface area contributed by atoms with Gasteiger partial charge in [0.25, 0.3) is 0 Å². The van der Waals surface area contributed by atoms with Crippen LogP contribution >= 0.6 is 11.6 Å². The number of hydrogen-bond acceptors (Lipinski definition) is 1. The van der Waals surface area contributed by atoms with Gasteiger partial charge in [-0.15, -0.1) is 11.6 Å². The molecule has 0 atom stereocenters. The molecular formula is C11H12ClN. The van der Waals surface area contributed by atoms with Gasteiger partial charge in [0.15, 0.2) is 0 Å². The predicted octanol–water partition coefficient (Wildman–Crippen LogP) is 3.19. The maximum atomic E-state index is 8.47. The van der Waals surface area contributed by atoms with Gasteiger partial charge in [0.1, 0.15) is 0 Å². The lowest BCUT2D eigenvalue weighted by Gasteiger charge is -2.07. The molecule has 1 rings (SSSR count). The Morgan fingerprint density at radius 2 is 2.08 bits per heavy atom. The second kappa shape index (κ2) is 4.89. The maximum absolute atomic E-state index is 8.47. The van der Waals surface area contributed by atoms with Crippen molar-refractivity contribution in [2.45, 2.75) is 25.6 Å². The number of aryl methyl sites for hydroxylation is 1. The molecule has 0 aliphatic heterocycles. The molecule has 0 amide bonds. The molecule has 0 radical (unpaired) electrons. The summed E-state index contributed by atoms with van der Waals surface area (Å²) in [6, 6.07) is 8.23. The van der Waals surface area contributed by atoms with Gasteiger partial charge < -0.3 is 0 Å². The molecule has 13 heavy (non-hydrogen) atoms. The SMILES string of the molecule is Cc1c(CCl)cccc1CCC#N. The molecule has 0 N–H and O–H groups in total. The van der Waals surface area contributed by atoms with Crippen molar-refractivity contribution in [3.8, 4) is 6.07 Å². The van der Waals surface area contributed by atoms with E-state index in [1.54, 1.807) is 0 Å². The third kappa shape index (κ3) is 2.47. The first-order chi connectivity index (χ1) is 6.29. The van der Waals surface area contributed by atoms with Gasteiger partial charge >= 0.3 is 0 Å². The molecule has 1 nitrogen and oxygen atoms in total. The Labute approximate surface area is 84.0 Å². The molecule has 0 aromatic heterocycles. The van der Waals surface area contributed by atoms with Gasteiger partial charge in [-0.25, -0.2) is 0 Å². The van der Waals surface area contributed by atoms with Crippen LogP contribution in [-0.2, 0) is 12.3 Å². The molecule has 1 aromatic carbocycles. The minimum atomic E-state index is 0.548. The number of rotatable bonds is 3. The topological polar surface area (TPSA) is 23.8 Å². The van der Waals surface area contributed by atoms with Gasteiger partial charge in [-0.2, -0.15) is 5.26 Å². The summed E-state index contributed by atoms with van der Waals surface area (Å²) in [4.78, 5) is 0. The summed E-state index contributed by atoms with van der Waals surface area (Å²) in [5.74, 6) is 0.548. The fourth-order valence-electron chi connectivity index (χ4n) is 1.34. The highest BCUT2D eigenvalue weighted by Gasteiger charge is 2.01. The molecule has 0 fully saturated rings. The number of nitriles is 1. The number of halogens is 1. The van der Waals surface area contributed by atoms with Crippen molar-refractivity contribution in [1.82, 2.24) is 0 Å². The first-order valence-corrected chi connectivity index (χ1v) is 4.83. The summed E-state index contributed by atoms with van der Waals surface area (Å²) in [6.45, 7) is 2.06. The minimum Gasteiger partial charge on any atom is -0.198 e. The summed E-state index contributed by atoms with van der Waals surface area (Å²) in [5, 5.41) is 8.47. The van der Waals surface area contributed by atoms with E-state index in [2.05, 4.69) is 19.1 Å². The third-order valence-corrected chi connectivity index (χ3v) is 2.50. The van der Waals surface area contributed by atoms with Crippen LogP contribution in [0.1, 0.15) is 23.1 Å². The fourth-order valence-corrected chi connectivity index (χ4v) is 1.63. The number of alkyl halides is 1. The van der Waals surface area contributed by atoms with E-state index in [1.165, 1.54) is 11.1 Å².